The van der Waals surface area contributed by atoms with Gasteiger partial charge in [-0.15, -0.1) is 0 Å². The first-order valence-electron chi connectivity index (χ1n) is 9.40. The molecule has 1 fully saturated rings. The van der Waals surface area contributed by atoms with E-state index >= 15 is 0 Å². The summed E-state index contributed by atoms with van der Waals surface area (Å²) < 4.78 is 0. The van der Waals surface area contributed by atoms with Crippen LogP contribution in [-0.4, -0.2) is 45.1 Å². The molecule has 1 saturated carbocycles. The summed E-state index contributed by atoms with van der Waals surface area (Å²) in [5.74, 6) is -1.21. The van der Waals surface area contributed by atoms with Crippen molar-refractivity contribution in [3.05, 3.63) is 35.1 Å². The lowest BCUT2D eigenvalue weighted by molar-refractivity contribution is -0.144. The number of hydrogen-bond acceptors (Lipinski definition) is 4. The standard InChI is InChI=1S/C21H29NO4/c1-6-12(2)17(19(24)25)22-8-7-15-14(11-22)18(23)13-9-20(3,4)10-16(13)21(15,5)26/h7,9,11-12,16-17,26H,6,8,10H2,1-5H3,(H,24,25). The summed E-state index contributed by atoms with van der Waals surface area (Å²) in [7, 11) is 0. The van der Waals surface area contributed by atoms with Crippen LogP contribution in [0.1, 0.15) is 47.5 Å². The molecule has 0 saturated heterocycles. The number of carbonyl (C=O) groups is 2. The summed E-state index contributed by atoms with van der Waals surface area (Å²) in [4.78, 5) is 26.7. The van der Waals surface area contributed by atoms with Gasteiger partial charge in [0.05, 0.1) is 5.60 Å². The zero-order chi connectivity index (χ0) is 19.4. The third-order valence-electron chi connectivity index (χ3n) is 6.27. The van der Waals surface area contributed by atoms with Crippen LogP contribution in [0.25, 0.3) is 0 Å². The van der Waals surface area contributed by atoms with Gasteiger partial charge in [0, 0.05) is 29.8 Å². The van der Waals surface area contributed by atoms with Gasteiger partial charge in [0.2, 0.25) is 0 Å². The second-order valence-electron chi connectivity index (χ2n) is 8.85. The second kappa shape index (κ2) is 6.08. The summed E-state index contributed by atoms with van der Waals surface area (Å²) in [6.45, 7) is 10.2. The maximum Gasteiger partial charge on any atom is 0.326 e. The predicted octanol–water partition coefficient (Wildman–Crippen LogP) is 2.92. The molecule has 4 atom stereocenters. The smallest absolute Gasteiger partial charge is 0.326 e. The molecule has 1 heterocycles. The average molecular weight is 359 g/mol. The van der Waals surface area contributed by atoms with Crippen molar-refractivity contribution in [3.8, 4) is 0 Å². The molecule has 4 unspecified atom stereocenters. The number of nitrogens with zero attached hydrogens (tertiary/aromatic N) is 1. The van der Waals surface area contributed by atoms with E-state index in [-0.39, 0.29) is 23.0 Å². The number of carboxylic acids is 1. The molecular weight excluding hydrogens is 330 g/mol. The van der Waals surface area contributed by atoms with Crippen LogP contribution in [0.4, 0.5) is 0 Å². The first kappa shape index (κ1) is 18.9. The fourth-order valence-electron chi connectivity index (χ4n) is 4.67. The molecule has 3 rings (SSSR count). The highest BCUT2D eigenvalue weighted by atomic mass is 16.4. The SMILES string of the molecule is CCC(C)C(C(=O)O)N1C=C2C(=O)C3=CC(C)(C)CC3C(C)(O)C2=CC1. The molecule has 0 aromatic rings. The summed E-state index contributed by atoms with van der Waals surface area (Å²) in [6.07, 6.45) is 6.96. The van der Waals surface area contributed by atoms with Crippen molar-refractivity contribution in [1.82, 2.24) is 4.90 Å². The molecule has 2 aliphatic carbocycles. The van der Waals surface area contributed by atoms with Crippen LogP contribution in [0.5, 0.6) is 0 Å². The number of fused-ring (bicyclic) bond motifs is 2. The Morgan fingerprint density at radius 3 is 2.62 bits per heavy atom. The van der Waals surface area contributed by atoms with Gasteiger partial charge in [-0.1, -0.05) is 46.3 Å². The topological polar surface area (TPSA) is 77.8 Å². The summed E-state index contributed by atoms with van der Waals surface area (Å²) in [5, 5.41) is 20.9. The molecule has 142 valence electrons. The van der Waals surface area contributed by atoms with E-state index in [1.54, 1.807) is 18.0 Å². The molecule has 5 heteroatoms. The highest BCUT2D eigenvalue weighted by Gasteiger charge is 2.53. The van der Waals surface area contributed by atoms with Gasteiger partial charge in [0.25, 0.3) is 0 Å². The summed E-state index contributed by atoms with van der Waals surface area (Å²) in [6, 6.07) is -0.685. The number of carboxylic acid groups (broad SMARTS) is 1. The Morgan fingerprint density at radius 2 is 2.04 bits per heavy atom. The van der Waals surface area contributed by atoms with Crippen molar-refractivity contribution in [2.24, 2.45) is 17.3 Å². The zero-order valence-electron chi connectivity index (χ0n) is 16.2. The monoisotopic (exact) mass is 359 g/mol. The van der Waals surface area contributed by atoms with E-state index < -0.39 is 17.6 Å². The Balaban J connectivity index is 2.04. The number of allylic oxidation sites excluding steroid dienone is 1. The van der Waals surface area contributed by atoms with Gasteiger partial charge >= 0.3 is 5.97 Å². The molecule has 0 aromatic carbocycles. The average Bonchev–Trinajstić information content (AvgIpc) is 2.89. The third-order valence-corrected chi connectivity index (χ3v) is 6.27. The quantitative estimate of drug-likeness (QED) is 0.807. The van der Waals surface area contributed by atoms with Crippen molar-refractivity contribution < 1.29 is 19.8 Å². The van der Waals surface area contributed by atoms with E-state index in [9.17, 15) is 19.8 Å². The molecule has 1 aliphatic heterocycles. The molecule has 0 bridgehead atoms. The number of carbonyl (C=O) groups excluding carboxylic acids is 1. The van der Waals surface area contributed by atoms with Crippen molar-refractivity contribution in [3.63, 3.8) is 0 Å². The van der Waals surface area contributed by atoms with Crippen molar-refractivity contribution >= 4 is 11.8 Å². The zero-order valence-corrected chi connectivity index (χ0v) is 16.2. The Hall–Kier alpha value is -1.88. The number of rotatable bonds is 4. The Kier molecular flexibility index (Phi) is 4.42. The van der Waals surface area contributed by atoms with Crippen LogP contribution in [0.15, 0.2) is 35.1 Å². The molecule has 3 aliphatic rings. The predicted molar refractivity (Wildman–Crippen MR) is 99.4 cm³/mol. The second-order valence-corrected chi connectivity index (χ2v) is 8.85. The Morgan fingerprint density at radius 1 is 1.38 bits per heavy atom. The van der Waals surface area contributed by atoms with Crippen LogP contribution in [-0.2, 0) is 9.59 Å². The largest absolute Gasteiger partial charge is 0.480 e. The lowest BCUT2D eigenvalue weighted by Gasteiger charge is -2.43. The third kappa shape index (κ3) is 2.82. The molecule has 0 amide bonds. The minimum Gasteiger partial charge on any atom is -0.480 e. The van der Waals surface area contributed by atoms with E-state index in [1.807, 2.05) is 26.0 Å². The Bertz CT molecular complexity index is 741. The lowest BCUT2D eigenvalue weighted by Crippen LogP contribution is -2.49. The van der Waals surface area contributed by atoms with E-state index in [1.165, 1.54) is 0 Å². The number of aliphatic carboxylic acids is 1. The molecule has 0 aromatic heterocycles. The van der Waals surface area contributed by atoms with E-state index in [0.717, 1.165) is 12.8 Å². The molecule has 5 nitrogen and oxygen atoms in total. The van der Waals surface area contributed by atoms with Crippen LogP contribution < -0.4 is 0 Å². The van der Waals surface area contributed by atoms with Gasteiger partial charge < -0.3 is 15.1 Å². The van der Waals surface area contributed by atoms with Crippen molar-refractivity contribution in [2.45, 2.75) is 59.1 Å². The molecule has 2 N–H and O–H groups in total. The maximum absolute atomic E-state index is 13.1. The number of ketones is 1. The number of Topliss-reactive ketones (excluding diaryl/α,β-unsaturated/α-hetero) is 1. The van der Waals surface area contributed by atoms with Gasteiger partial charge in [-0.05, 0) is 30.3 Å². The van der Waals surface area contributed by atoms with Gasteiger partial charge in [-0.2, -0.15) is 0 Å². The Labute approximate surface area is 155 Å². The minimum atomic E-state index is -1.11. The summed E-state index contributed by atoms with van der Waals surface area (Å²) in [5.41, 5.74) is 0.512. The minimum absolute atomic E-state index is 0.0455. The van der Waals surface area contributed by atoms with Crippen LogP contribution in [0.2, 0.25) is 0 Å². The number of aliphatic hydroxyl groups is 1. The van der Waals surface area contributed by atoms with Crippen LogP contribution in [0, 0.1) is 17.3 Å². The summed E-state index contributed by atoms with van der Waals surface area (Å²) >= 11 is 0. The van der Waals surface area contributed by atoms with Gasteiger partial charge in [-0.3, -0.25) is 4.79 Å². The molecule has 0 radical (unpaired) electrons. The van der Waals surface area contributed by atoms with E-state index in [4.69, 9.17) is 0 Å². The molecule has 26 heavy (non-hydrogen) atoms. The highest BCUT2D eigenvalue weighted by Crippen LogP contribution is 2.53. The number of hydrogen-bond donors (Lipinski definition) is 2. The molecular formula is C21H29NO4. The molecule has 0 spiro atoms. The van der Waals surface area contributed by atoms with Gasteiger partial charge in [0.15, 0.2) is 5.78 Å². The van der Waals surface area contributed by atoms with Crippen LogP contribution in [0.3, 0.4) is 0 Å². The fraction of sp³-hybridized carbons (Fsp3) is 0.619. The van der Waals surface area contributed by atoms with E-state index in [0.29, 0.717) is 23.3 Å². The van der Waals surface area contributed by atoms with Crippen LogP contribution >= 0.6 is 0 Å². The lowest BCUT2D eigenvalue weighted by atomic mass is 9.67. The maximum atomic E-state index is 13.1. The van der Waals surface area contributed by atoms with E-state index in [2.05, 4.69) is 13.8 Å². The first-order valence-corrected chi connectivity index (χ1v) is 9.40. The van der Waals surface area contributed by atoms with Crippen molar-refractivity contribution in [1.29, 1.82) is 0 Å². The van der Waals surface area contributed by atoms with Gasteiger partial charge in [-0.25, -0.2) is 4.79 Å². The normalized spacial score (nSPS) is 32.1. The highest BCUT2D eigenvalue weighted by molar-refractivity contribution is 6.14. The first-order chi connectivity index (χ1) is 12.0. The van der Waals surface area contributed by atoms with Gasteiger partial charge in [0.1, 0.15) is 6.04 Å². The van der Waals surface area contributed by atoms with Crippen molar-refractivity contribution in [2.75, 3.05) is 6.54 Å². The fourth-order valence-corrected chi connectivity index (χ4v) is 4.67.